The van der Waals surface area contributed by atoms with Gasteiger partial charge in [0.2, 0.25) is 0 Å². The molecule has 2 aromatic heterocycles. The summed E-state index contributed by atoms with van der Waals surface area (Å²) in [6, 6.07) is 4.36. The maximum Gasteiger partial charge on any atom is 0.0513 e. The molecule has 0 spiro atoms. The fraction of sp³-hybridized carbons (Fsp3) is 0.300. The molecule has 0 unspecified atom stereocenters. The molecule has 0 fully saturated rings. The highest BCUT2D eigenvalue weighted by atomic mass is 15.0. The second-order valence-electron chi connectivity index (χ2n) is 3.33. The van der Waals surface area contributed by atoms with E-state index in [0.717, 1.165) is 0 Å². The van der Waals surface area contributed by atoms with Crippen LogP contribution in [-0.2, 0) is 13.0 Å². The molecule has 3 heterocycles. The Morgan fingerprint density at radius 1 is 1.42 bits per heavy atom. The van der Waals surface area contributed by atoms with Gasteiger partial charge in [-0.1, -0.05) is 0 Å². The fourth-order valence-corrected chi connectivity index (χ4v) is 2.06. The smallest absolute Gasteiger partial charge is 0.0513 e. The van der Waals surface area contributed by atoms with Crippen LogP contribution in [-0.4, -0.2) is 9.55 Å². The van der Waals surface area contributed by atoms with E-state index >= 15 is 0 Å². The van der Waals surface area contributed by atoms with Crippen molar-refractivity contribution in [2.75, 3.05) is 0 Å². The molecular weight excluding hydrogens is 148 g/mol. The van der Waals surface area contributed by atoms with Crippen LogP contribution in [0.2, 0.25) is 0 Å². The van der Waals surface area contributed by atoms with Crippen molar-refractivity contribution in [2.24, 2.45) is 0 Å². The van der Waals surface area contributed by atoms with Crippen molar-refractivity contribution in [3.8, 4) is 0 Å². The van der Waals surface area contributed by atoms with Gasteiger partial charge in [-0.05, 0) is 25.0 Å². The minimum absolute atomic E-state index is 1.18. The minimum atomic E-state index is 1.18. The number of pyridine rings is 1. The van der Waals surface area contributed by atoms with Crippen molar-refractivity contribution >= 4 is 10.9 Å². The molecule has 1 aliphatic heterocycles. The van der Waals surface area contributed by atoms with Gasteiger partial charge in [0.25, 0.3) is 0 Å². The summed E-state index contributed by atoms with van der Waals surface area (Å²) in [6.45, 7) is 1.18. The molecule has 0 aromatic carbocycles. The van der Waals surface area contributed by atoms with Crippen molar-refractivity contribution in [1.82, 2.24) is 9.55 Å². The quantitative estimate of drug-likeness (QED) is 0.573. The predicted octanol–water partition coefficient (Wildman–Crippen LogP) is 1.98. The maximum atomic E-state index is 4.11. The van der Waals surface area contributed by atoms with Crippen LogP contribution < -0.4 is 0 Å². The minimum Gasteiger partial charge on any atom is -0.344 e. The van der Waals surface area contributed by atoms with Gasteiger partial charge < -0.3 is 4.57 Å². The predicted molar refractivity (Wildman–Crippen MR) is 48.1 cm³/mol. The Hall–Kier alpha value is -1.31. The van der Waals surface area contributed by atoms with Crippen molar-refractivity contribution in [3.05, 3.63) is 30.2 Å². The van der Waals surface area contributed by atoms with Crippen molar-refractivity contribution in [1.29, 1.82) is 0 Å². The van der Waals surface area contributed by atoms with Crippen LogP contribution in [0.5, 0.6) is 0 Å². The lowest BCUT2D eigenvalue weighted by molar-refractivity contribution is 0.772. The van der Waals surface area contributed by atoms with Gasteiger partial charge in [0.15, 0.2) is 0 Å². The summed E-state index contributed by atoms with van der Waals surface area (Å²) >= 11 is 0. The number of rotatable bonds is 0. The first kappa shape index (κ1) is 6.23. The summed E-state index contributed by atoms with van der Waals surface area (Å²) in [5.41, 5.74) is 2.82. The average molecular weight is 158 g/mol. The molecule has 0 amide bonds. The zero-order valence-corrected chi connectivity index (χ0v) is 6.83. The summed E-state index contributed by atoms with van der Waals surface area (Å²) in [7, 11) is 0. The van der Waals surface area contributed by atoms with E-state index in [9.17, 15) is 0 Å². The third-order valence-electron chi connectivity index (χ3n) is 2.60. The largest absolute Gasteiger partial charge is 0.344 e. The van der Waals surface area contributed by atoms with Crippen LogP contribution in [0.1, 0.15) is 12.1 Å². The lowest BCUT2D eigenvalue weighted by Gasteiger charge is -1.97. The van der Waals surface area contributed by atoms with E-state index in [2.05, 4.69) is 21.7 Å². The van der Waals surface area contributed by atoms with Gasteiger partial charge in [0.05, 0.1) is 5.52 Å². The molecule has 0 saturated carbocycles. The molecular formula is C10H10N2. The molecule has 1 aliphatic rings. The Morgan fingerprint density at radius 2 is 2.42 bits per heavy atom. The number of hydrogen-bond donors (Lipinski definition) is 0. The highest BCUT2D eigenvalue weighted by molar-refractivity contribution is 5.80. The Kier molecular flexibility index (Phi) is 1.09. The molecule has 0 N–H and O–H groups in total. The fourth-order valence-electron chi connectivity index (χ4n) is 2.06. The van der Waals surface area contributed by atoms with Crippen molar-refractivity contribution in [2.45, 2.75) is 19.4 Å². The van der Waals surface area contributed by atoms with Gasteiger partial charge in [-0.2, -0.15) is 0 Å². The summed E-state index contributed by atoms with van der Waals surface area (Å²) in [5.74, 6) is 0. The zero-order valence-electron chi connectivity index (χ0n) is 6.83. The molecule has 2 nitrogen and oxygen atoms in total. The average Bonchev–Trinajstić information content (AvgIpc) is 2.62. The van der Waals surface area contributed by atoms with Crippen LogP contribution in [0.3, 0.4) is 0 Å². The third kappa shape index (κ3) is 0.670. The van der Waals surface area contributed by atoms with Gasteiger partial charge >= 0.3 is 0 Å². The number of nitrogens with zero attached hydrogens (tertiary/aromatic N) is 2. The molecule has 0 atom stereocenters. The molecule has 0 radical (unpaired) electrons. The first-order valence-corrected chi connectivity index (χ1v) is 4.37. The zero-order chi connectivity index (χ0) is 7.97. The van der Waals surface area contributed by atoms with E-state index < -0.39 is 0 Å². The number of hydrogen-bond acceptors (Lipinski definition) is 1. The first-order valence-electron chi connectivity index (χ1n) is 4.37. The lowest BCUT2D eigenvalue weighted by atomic mass is 10.2. The van der Waals surface area contributed by atoms with E-state index in [1.807, 2.05) is 12.4 Å². The van der Waals surface area contributed by atoms with E-state index in [4.69, 9.17) is 0 Å². The Balaban J connectivity index is 2.44. The summed E-state index contributed by atoms with van der Waals surface area (Å²) in [6.07, 6.45) is 6.34. The van der Waals surface area contributed by atoms with E-state index in [1.54, 1.807) is 0 Å². The van der Waals surface area contributed by atoms with Crippen molar-refractivity contribution in [3.63, 3.8) is 0 Å². The Morgan fingerprint density at radius 3 is 3.42 bits per heavy atom. The van der Waals surface area contributed by atoms with E-state index in [1.165, 1.54) is 36.0 Å². The molecule has 0 aliphatic carbocycles. The molecule has 3 rings (SSSR count). The van der Waals surface area contributed by atoms with E-state index in [0.29, 0.717) is 0 Å². The molecule has 2 heteroatoms. The summed E-state index contributed by atoms with van der Waals surface area (Å²) < 4.78 is 2.40. The van der Waals surface area contributed by atoms with Gasteiger partial charge in [0, 0.05) is 30.0 Å². The maximum absolute atomic E-state index is 4.11. The second kappa shape index (κ2) is 2.09. The van der Waals surface area contributed by atoms with Gasteiger partial charge in [0.1, 0.15) is 0 Å². The second-order valence-corrected chi connectivity index (χ2v) is 3.33. The van der Waals surface area contributed by atoms with Crippen LogP contribution in [0.4, 0.5) is 0 Å². The lowest BCUT2D eigenvalue weighted by Crippen LogP contribution is -1.90. The summed E-state index contributed by atoms with van der Waals surface area (Å²) in [5, 5.41) is 1.28. The van der Waals surface area contributed by atoms with E-state index in [-0.39, 0.29) is 0 Å². The monoisotopic (exact) mass is 158 g/mol. The topological polar surface area (TPSA) is 17.8 Å². The Labute approximate surface area is 70.8 Å². The van der Waals surface area contributed by atoms with Crippen molar-refractivity contribution < 1.29 is 0 Å². The van der Waals surface area contributed by atoms with Gasteiger partial charge in [-0.25, -0.2) is 0 Å². The molecule has 0 saturated heterocycles. The number of aryl methyl sites for hydroxylation is 2. The van der Waals surface area contributed by atoms with Crippen LogP contribution >= 0.6 is 0 Å². The molecule has 0 bridgehead atoms. The van der Waals surface area contributed by atoms with Crippen LogP contribution in [0, 0.1) is 0 Å². The molecule has 60 valence electrons. The highest BCUT2D eigenvalue weighted by Crippen LogP contribution is 2.24. The first-order chi connectivity index (χ1) is 5.95. The molecule has 12 heavy (non-hydrogen) atoms. The normalized spacial score (nSPS) is 15.3. The standard InChI is InChI=1S/C10H10N2/c1-2-9-6-8-7-11-4-3-10(8)12(9)5-1/h3-4,6-7H,1-2,5H2. The number of aromatic nitrogens is 2. The third-order valence-corrected chi connectivity index (χ3v) is 2.60. The highest BCUT2D eigenvalue weighted by Gasteiger charge is 2.13. The SMILES string of the molecule is c1cc2c(cn1)cc1n2CCC1. The van der Waals surface area contributed by atoms with Crippen LogP contribution in [0.15, 0.2) is 24.5 Å². The van der Waals surface area contributed by atoms with Gasteiger partial charge in [-0.15, -0.1) is 0 Å². The van der Waals surface area contributed by atoms with Crippen LogP contribution in [0.25, 0.3) is 10.9 Å². The summed E-state index contributed by atoms with van der Waals surface area (Å²) in [4.78, 5) is 4.11. The Bertz CT molecular complexity index is 428. The van der Waals surface area contributed by atoms with Gasteiger partial charge in [-0.3, -0.25) is 4.98 Å². The molecule has 2 aromatic rings. The number of fused-ring (bicyclic) bond motifs is 3.